The zero-order valence-corrected chi connectivity index (χ0v) is 11.6. The lowest BCUT2D eigenvalue weighted by Crippen LogP contribution is -2.11. The molecule has 22 heavy (non-hydrogen) atoms. The van der Waals surface area contributed by atoms with Gasteiger partial charge in [-0.25, -0.2) is 0 Å². The summed E-state index contributed by atoms with van der Waals surface area (Å²) >= 11 is 0. The number of nitrogens with zero attached hydrogens (tertiary/aromatic N) is 4. The van der Waals surface area contributed by atoms with Crippen LogP contribution in [0.25, 0.3) is 11.8 Å². The van der Waals surface area contributed by atoms with Gasteiger partial charge >= 0.3 is 0 Å². The number of nitrogens with one attached hydrogen (secondary N) is 1. The molecule has 6 heteroatoms. The van der Waals surface area contributed by atoms with E-state index < -0.39 is 0 Å². The Bertz CT molecular complexity index is 781. The third-order valence-electron chi connectivity index (χ3n) is 2.98. The zero-order chi connectivity index (χ0) is 15.2. The van der Waals surface area contributed by atoms with Crippen LogP contribution >= 0.6 is 0 Å². The predicted molar refractivity (Wildman–Crippen MR) is 83.3 cm³/mol. The molecular formula is C16H13N5O. The first-order valence-corrected chi connectivity index (χ1v) is 6.69. The number of anilines is 1. The van der Waals surface area contributed by atoms with E-state index in [1.54, 1.807) is 12.1 Å². The van der Waals surface area contributed by atoms with E-state index in [0.717, 1.165) is 5.56 Å². The van der Waals surface area contributed by atoms with Crippen molar-refractivity contribution in [2.75, 3.05) is 5.32 Å². The topological polar surface area (TPSA) is 72.7 Å². The number of carbonyl (C=O) groups is 1. The number of hydrogen-bond acceptors (Lipinski definition) is 4. The van der Waals surface area contributed by atoms with Crippen LogP contribution in [0.1, 0.15) is 5.56 Å². The average Bonchev–Trinajstić information content (AvgIpc) is 3.09. The lowest BCUT2D eigenvalue weighted by molar-refractivity contribution is -0.111. The summed E-state index contributed by atoms with van der Waals surface area (Å²) in [7, 11) is 0. The minimum Gasteiger partial charge on any atom is -0.321 e. The van der Waals surface area contributed by atoms with Gasteiger partial charge in [-0.3, -0.25) is 4.79 Å². The van der Waals surface area contributed by atoms with Crippen LogP contribution in [-0.4, -0.2) is 26.1 Å². The van der Waals surface area contributed by atoms with Gasteiger partial charge in [-0.1, -0.05) is 42.5 Å². The molecule has 2 aromatic carbocycles. The Morgan fingerprint density at radius 2 is 1.82 bits per heavy atom. The third-order valence-corrected chi connectivity index (χ3v) is 2.98. The Balaban J connectivity index is 1.76. The van der Waals surface area contributed by atoms with E-state index in [1.165, 1.54) is 17.1 Å². The smallest absolute Gasteiger partial charge is 0.248 e. The fourth-order valence-corrected chi connectivity index (χ4v) is 1.96. The van der Waals surface area contributed by atoms with Crippen molar-refractivity contribution < 1.29 is 4.79 Å². The van der Waals surface area contributed by atoms with Crippen molar-refractivity contribution in [2.45, 2.75) is 0 Å². The molecule has 0 aliphatic carbocycles. The van der Waals surface area contributed by atoms with Gasteiger partial charge < -0.3 is 5.32 Å². The molecule has 0 saturated heterocycles. The Morgan fingerprint density at radius 1 is 1.05 bits per heavy atom. The summed E-state index contributed by atoms with van der Waals surface area (Å²) in [6.45, 7) is 0. The molecule has 1 aromatic heterocycles. The SMILES string of the molecule is O=C(C=Cc1ccccc1)Nc1ccccc1-n1cnnn1. The van der Waals surface area contributed by atoms with E-state index >= 15 is 0 Å². The van der Waals surface area contributed by atoms with Crippen molar-refractivity contribution in [3.63, 3.8) is 0 Å². The van der Waals surface area contributed by atoms with Gasteiger partial charge in [-0.15, -0.1) is 5.10 Å². The average molecular weight is 291 g/mol. The highest BCUT2D eigenvalue weighted by Gasteiger charge is 2.07. The monoisotopic (exact) mass is 291 g/mol. The second-order valence-corrected chi connectivity index (χ2v) is 4.50. The molecular weight excluding hydrogens is 278 g/mol. The molecule has 0 saturated carbocycles. The first-order valence-electron chi connectivity index (χ1n) is 6.69. The van der Waals surface area contributed by atoms with Crippen LogP contribution in [-0.2, 0) is 4.79 Å². The molecule has 0 bridgehead atoms. The second-order valence-electron chi connectivity index (χ2n) is 4.50. The van der Waals surface area contributed by atoms with E-state index in [2.05, 4.69) is 20.8 Å². The van der Waals surface area contributed by atoms with E-state index in [-0.39, 0.29) is 5.91 Å². The molecule has 0 atom stereocenters. The molecule has 0 spiro atoms. The molecule has 0 fully saturated rings. The number of carbonyl (C=O) groups excluding carboxylic acids is 1. The highest BCUT2D eigenvalue weighted by molar-refractivity contribution is 6.03. The van der Waals surface area contributed by atoms with Gasteiger partial charge in [0.05, 0.1) is 11.4 Å². The summed E-state index contributed by atoms with van der Waals surface area (Å²) < 4.78 is 1.50. The van der Waals surface area contributed by atoms with Crippen LogP contribution in [0.15, 0.2) is 67.0 Å². The lowest BCUT2D eigenvalue weighted by Gasteiger charge is -2.08. The van der Waals surface area contributed by atoms with E-state index in [4.69, 9.17) is 0 Å². The van der Waals surface area contributed by atoms with Gasteiger partial charge in [0.1, 0.15) is 6.33 Å². The van der Waals surface area contributed by atoms with Gasteiger partial charge in [0.2, 0.25) is 5.91 Å². The maximum Gasteiger partial charge on any atom is 0.248 e. The van der Waals surface area contributed by atoms with Crippen LogP contribution in [0.2, 0.25) is 0 Å². The van der Waals surface area contributed by atoms with E-state index in [1.807, 2.05) is 48.5 Å². The molecule has 1 amide bonds. The van der Waals surface area contributed by atoms with Gasteiger partial charge in [0.25, 0.3) is 0 Å². The number of benzene rings is 2. The second kappa shape index (κ2) is 6.45. The summed E-state index contributed by atoms with van der Waals surface area (Å²) in [5.41, 5.74) is 2.30. The van der Waals surface area contributed by atoms with E-state index in [0.29, 0.717) is 11.4 Å². The molecule has 0 aliphatic rings. The molecule has 3 aromatic rings. The highest BCUT2D eigenvalue weighted by Crippen LogP contribution is 2.18. The molecule has 3 rings (SSSR count). The Kier molecular flexibility index (Phi) is 4.01. The number of amides is 1. The minimum atomic E-state index is -0.218. The van der Waals surface area contributed by atoms with Crippen molar-refractivity contribution >= 4 is 17.7 Å². The predicted octanol–water partition coefficient (Wildman–Crippen LogP) is 2.31. The van der Waals surface area contributed by atoms with Crippen LogP contribution in [0.4, 0.5) is 5.69 Å². The van der Waals surface area contributed by atoms with Gasteiger partial charge in [-0.05, 0) is 34.2 Å². The first-order chi connectivity index (χ1) is 10.8. The number of tetrazole rings is 1. The quantitative estimate of drug-likeness (QED) is 0.749. The van der Waals surface area contributed by atoms with Crippen LogP contribution in [0.3, 0.4) is 0 Å². The van der Waals surface area contributed by atoms with Gasteiger partial charge in [0, 0.05) is 6.08 Å². The van der Waals surface area contributed by atoms with Crippen LogP contribution in [0.5, 0.6) is 0 Å². The first kappa shape index (κ1) is 13.7. The molecule has 0 radical (unpaired) electrons. The van der Waals surface area contributed by atoms with E-state index in [9.17, 15) is 4.79 Å². The van der Waals surface area contributed by atoms with Crippen LogP contribution in [0, 0.1) is 0 Å². The maximum atomic E-state index is 12.0. The molecule has 0 unspecified atom stereocenters. The Hall–Kier alpha value is -3.28. The van der Waals surface area contributed by atoms with Crippen molar-refractivity contribution in [1.82, 2.24) is 20.2 Å². The zero-order valence-electron chi connectivity index (χ0n) is 11.6. The van der Waals surface area contributed by atoms with Crippen molar-refractivity contribution in [3.05, 3.63) is 72.6 Å². The number of para-hydroxylation sites is 2. The highest BCUT2D eigenvalue weighted by atomic mass is 16.1. The number of hydrogen-bond donors (Lipinski definition) is 1. The Labute approximate surface area is 127 Å². The van der Waals surface area contributed by atoms with Gasteiger partial charge in [-0.2, -0.15) is 4.68 Å². The summed E-state index contributed by atoms with van der Waals surface area (Å²) in [5.74, 6) is -0.218. The molecule has 0 aliphatic heterocycles. The number of aromatic nitrogens is 4. The summed E-state index contributed by atoms with van der Waals surface area (Å²) in [5, 5.41) is 13.9. The van der Waals surface area contributed by atoms with Crippen molar-refractivity contribution in [2.24, 2.45) is 0 Å². The normalized spacial score (nSPS) is 10.7. The largest absolute Gasteiger partial charge is 0.321 e. The summed E-state index contributed by atoms with van der Waals surface area (Å²) in [6, 6.07) is 16.9. The fourth-order valence-electron chi connectivity index (χ4n) is 1.96. The van der Waals surface area contributed by atoms with Gasteiger partial charge in [0.15, 0.2) is 0 Å². The lowest BCUT2D eigenvalue weighted by atomic mass is 10.2. The van der Waals surface area contributed by atoms with Crippen LogP contribution < -0.4 is 5.32 Å². The summed E-state index contributed by atoms with van der Waals surface area (Å²) in [6.07, 6.45) is 4.73. The third kappa shape index (κ3) is 3.24. The molecule has 6 nitrogen and oxygen atoms in total. The van der Waals surface area contributed by atoms with Crippen molar-refractivity contribution in [3.8, 4) is 5.69 Å². The maximum absolute atomic E-state index is 12.0. The minimum absolute atomic E-state index is 0.218. The Morgan fingerprint density at radius 3 is 2.59 bits per heavy atom. The molecule has 1 N–H and O–H groups in total. The fraction of sp³-hybridized carbons (Fsp3) is 0. The molecule has 1 heterocycles. The molecule has 108 valence electrons. The summed E-state index contributed by atoms with van der Waals surface area (Å²) in [4.78, 5) is 12.0. The standard InChI is InChI=1S/C16H13N5O/c22-16(11-10-13-6-2-1-3-7-13)18-14-8-4-5-9-15(14)21-12-17-19-20-21/h1-12H,(H,18,22). The van der Waals surface area contributed by atoms with Crippen molar-refractivity contribution in [1.29, 1.82) is 0 Å². The number of rotatable bonds is 4.